The van der Waals surface area contributed by atoms with Crippen molar-refractivity contribution in [1.82, 2.24) is 15.0 Å². The van der Waals surface area contributed by atoms with Gasteiger partial charge in [-0.05, 0) is 24.1 Å². The van der Waals surface area contributed by atoms with E-state index in [-0.39, 0.29) is 28.4 Å². The Balaban J connectivity index is 1.78. The van der Waals surface area contributed by atoms with Crippen molar-refractivity contribution in [3.63, 3.8) is 0 Å². The summed E-state index contributed by atoms with van der Waals surface area (Å²) in [5.41, 5.74) is 0.932. The Kier molecular flexibility index (Phi) is 5.43. The summed E-state index contributed by atoms with van der Waals surface area (Å²) in [5, 5.41) is 9.12. The summed E-state index contributed by atoms with van der Waals surface area (Å²) in [4.78, 5) is 23.0. The van der Waals surface area contributed by atoms with Crippen molar-refractivity contribution in [1.29, 1.82) is 5.26 Å². The Morgan fingerprint density at radius 3 is 2.56 bits per heavy atom. The maximum Gasteiger partial charge on any atom is 0.255 e. The van der Waals surface area contributed by atoms with Crippen LogP contribution in [-0.2, 0) is 22.0 Å². The molecule has 2 aromatic heterocycles. The highest BCUT2D eigenvalue weighted by Crippen LogP contribution is 2.15. The van der Waals surface area contributed by atoms with Crippen LogP contribution in [0.4, 0.5) is 0 Å². The Morgan fingerprint density at radius 1 is 1.07 bits per heavy atom. The highest BCUT2D eigenvalue weighted by molar-refractivity contribution is 7.90. The summed E-state index contributed by atoms with van der Waals surface area (Å²) in [6.07, 6.45) is 3.09. The van der Waals surface area contributed by atoms with Crippen LogP contribution in [0.2, 0.25) is 0 Å². The summed E-state index contributed by atoms with van der Waals surface area (Å²) in [5.74, 6) is -0.324. The van der Waals surface area contributed by atoms with Gasteiger partial charge in [-0.2, -0.15) is 5.26 Å². The number of rotatable bonds is 6. The number of pyridine rings is 1. The Bertz CT molecular complexity index is 1150. The van der Waals surface area contributed by atoms with E-state index in [1.807, 2.05) is 36.4 Å². The van der Waals surface area contributed by atoms with Gasteiger partial charge in [0.2, 0.25) is 0 Å². The molecule has 136 valence electrons. The van der Waals surface area contributed by atoms with Gasteiger partial charge in [0, 0.05) is 12.4 Å². The first-order valence-electron chi connectivity index (χ1n) is 8.16. The molecule has 1 aromatic carbocycles. The number of nitrogens with zero attached hydrogens (tertiary/aromatic N) is 3. The van der Waals surface area contributed by atoms with Crippen molar-refractivity contribution in [3.8, 4) is 17.6 Å². The van der Waals surface area contributed by atoms with E-state index in [1.165, 1.54) is 12.4 Å². The zero-order valence-corrected chi connectivity index (χ0v) is 15.1. The number of aromatic nitrogens is 3. The Morgan fingerprint density at radius 2 is 1.85 bits per heavy atom. The summed E-state index contributed by atoms with van der Waals surface area (Å²) in [7, 11) is -3.47. The van der Waals surface area contributed by atoms with E-state index in [9.17, 15) is 13.2 Å². The molecule has 0 unspecified atom stereocenters. The number of nitriles is 1. The zero-order valence-electron chi connectivity index (χ0n) is 14.3. The van der Waals surface area contributed by atoms with Crippen LogP contribution < -0.4 is 5.56 Å². The number of nitrogens with one attached hydrogen (secondary N) is 1. The van der Waals surface area contributed by atoms with E-state index in [0.717, 1.165) is 5.56 Å². The quantitative estimate of drug-likeness (QED) is 0.698. The molecule has 7 nitrogen and oxygen atoms in total. The van der Waals surface area contributed by atoms with E-state index in [2.05, 4.69) is 15.0 Å². The van der Waals surface area contributed by atoms with Crippen molar-refractivity contribution in [2.75, 3.05) is 5.75 Å². The molecule has 27 heavy (non-hydrogen) atoms. The van der Waals surface area contributed by atoms with Crippen molar-refractivity contribution in [2.24, 2.45) is 0 Å². The molecule has 8 heteroatoms. The molecule has 1 N–H and O–H groups in total. The normalized spacial score (nSPS) is 11.1. The fourth-order valence-corrected chi connectivity index (χ4v) is 3.93. The van der Waals surface area contributed by atoms with Gasteiger partial charge >= 0.3 is 0 Å². The van der Waals surface area contributed by atoms with Gasteiger partial charge in [0.1, 0.15) is 11.8 Å². The average Bonchev–Trinajstić information content (AvgIpc) is 2.69. The first kappa shape index (κ1) is 18.5. The molecule has 0 bridgehead atoms. The predicted octanol–water partition coefficient (Wildman–Crippen LogP) is 1.86. The minimum absolute atomic E-state index is 0.0567. The van der Waals surface area contributed by atoms with Crippen molar-refractivity contribution in [2.45, 2.75) is 12.2 Å². The second-order valence-corrected chi connectivity index (χ2v) is 8.11. The molecule has 0 aliphatic rings. The molecule has 3 rings (SSSR count). The van der Waals surface area contributed by atoms with Gasteiger partial charge < -0.3 is 4.98 Å². The monoisotopic (exact) mass is 380 g/mol. The van der Waals surface area contributed by atoms with E-state index >= 15 is 0 Å². The highest BCUT2D eigenvalue weighted by atomic mass is 32.2. The average molecular weight is 380 g/mol. The second kappa shape index (κ2) is 7.93. The third-order valence-corrected chi connectivity index (χ3v) is 5.52. The molecule has 0 saturated heterocycles. The molecule has 0 aliphatic heterocycles. The number of aromatic amines is 1. The number of sulfone groups is 1. The van der Waals surface area contributed by atoms with E-state index < -0.39 is 21.1 Å². The molecule has 3 aromatic rings. The van der Waals surface area contributed by atoms with Crippen molar-refractivity contribution in [3.05, 3.63) is 81.9 Å². The zero-order chi connectivity index (χ0) is 19.3. The number of H-pyrrole nitrogens is 1. The van der Waals surface area contributed by atoms with Crippen LogP contribution in [0.25, 0.3) is 11.5 Å². The molecular weight excluding hydrogens is 364 g/mol. The van der Waals surface area contributed by atoms with Crippen LogP contribution in [0.1, 0.15) is 16.7 Å². The number of hydrogen-bond acceptors (Lipinski definition) is 6. The molecule has 0 aliphatic carbocycles. The summed E-state index contributed by atoms with van der Waals surface area (Å²) >= 11 is 0. The lowest BCUT2D eigenvalue weighted by Crippen LogP contribution is -2.20. The van der Waals surface area contributed by atoms with Crippen LogP contribution in [0, 0.1) is 11.3 Å². The van der Waals surface area contributed by atoms with Crippen molar-refractivity contribution >= 4 is 9.84 Å². The lowest BCUT2D eigenvalue weighted by Gasteiger charge is -2.06. The number of benzene rings is 1. The van der Waals surface area contributed by atoms with Crippen LogP contribution >= 0.6 is 0 Å². The minimum Gasteiger partial charge on any atom is -0.305 e. The lowest BCUT2D eigenvalue weighted by atomic mass is 10.2. The molecule has 0 saturated carbocycles. The number of aryl methyl sites for hydroxylation is 1. The Labute approximate surface area is 156 Å². The largest absolute Gasteiger partial charge is 0.305 e. The first-order chi connectivity index (χ1) is 13.0. The molecule has 0 spiro atoms. The van der Waals surface area contributed by atoms with Crippen molar-refractivity contribution < 1.29 is 8.42 Å². The fraction of sp³-hybridized carbons (Fsp3) is 0.158. The molecular formula is C19H16N4O3S. The molecule has 2 heterocycles. The van der Waals surface area contributed by atoms with Gasteiger partial charge in [0.05, 0.1) is 22.6 Å². The van der Waals surface area contributed by atoms with E-state index in [4.69, 9.17) is 5.26 Å². The lowest BCUT2D eigenvalue weighted by molar-refractivity contribution is 0.594. The third-order valence-electron chi connectivity index (χ3n) is 3.95. The van der Waals surface area contributed by atoms with Gasteiger partial charge in [-0.15, -0.1) is 0 Å². The van der Waals surface area contributed by atoms with Gasteiger partial charge in [0.15, 0.2) is 15.7 Å². The molecule has 0 fully saturated rings. The van der Waals surface area contributed by atoms with Gasteiger partial charge in [-0.3, -0.25) is 9.78 Å². The standard InChI is InChI=1S/C19H16N4O3S/c20-11-15-7-4-9-21-17(15)18-22-12-16(19(24)23-18)13-27(25,26)10-8-14-5-2-1-3-6-14/h1-7,9,12H,8,10,13H2,(H,22,23,24). The molecule has 0 amide bonds. The summed E-state index contributed by atoms with van der Waals surface area (Å²) in [6.45, 7) is 0. The maximum atomic E-state index is 12.3. The van der Waals surface area contributed by atoms with Crippen LogP contribution in [0.3, 0.4) is 0 Å². The van der Waals surface area contributed by atoms with Crippen LogP contribution in [0.15, 0.2) is 59.7 Å². The van der Waals surface area contributed by atoms with E-state index in [1.54, 1.807) is 12.1 Å². The number of hydrogen-bond donors (Lipinski definition) is 1. The summed E-state index contributed by atoms with van der Waals surface area (Å²) in [6, 6.07) is 14.4. The van der Waals surface area contributed by atoms with Crippen LogP contribution in [-0.4, -0.2) is 29.1 Å². The molecule has 0 atom stereocenters. The van der Waals surface area contributed by atoms with Gasteiger partial charge in [-0.1, -0.05) is 30.3 Å². The first-order valence-corrected chi connectivity index (χ1v) is 9.99. The minimum atomic E-state index is -3.47. The maximum absolute atomic E-state index is 12.3. The van der Waals surface area contributed by atoms with E-state index in [0.29, 0.717) is 6.42 Å². The van der Waals surface area contributed by atoms with Gasteiger partial charge in [-0.25, -0.2) is 13.4 Å². The smallest absolute Gasteiger partial charge is 0.255 e. The fourth-order valence-electron chi connectivity index (χ4n) is 2.56. The third kappa shape index (κ3) is 4.65. The topological polar surface area (TPSA) is 117 Å². The summed E-state index contributed by atoms with van der Waals surface area (Å²) < 4.78 is 24.7. The Hall–Kier alpha value is -3.31. The molecule has 0 radical (unpaired) electrons. The van der Waals surface area contributed by atoms with Gasteiger partial charge in [0.25, 0.3) is 5.56 Å². The predicted molar refractivity (Wildman–Crippen MR) is 100 cm³/mol. The highest BCUT2D eigenvalue weighted by Gasteiger charge is 2.17. The SMILES string of the molecule is N#Cc1cccnc1-c1ncc(CS(=O)(=O)CCc2ccccc2)c(=O)[nH]1. The second-order valence-electron chi connectivity index (χ2n) is 5.93. The van der Waals surface area contributed by atoms with Crippen LogP contribution in [0.5, 0.6) is 0 Å².